The minimum atomic E-state index is 0.130. The number of rotatable bonds is 2. The first-order valence-corrected chi connectivity index (χ1v) is 6.45. The summed E-state index contributed by atoms with van der Waals surface area (Å²) in [6.45, 7) is 1.85. The summed E-state index contributed by atoms with van der Waals surface area (Å²) in [6.07, 6.45) is 3.39. The molecule has 1 aromatic rings. The predicted octanol–water partition coefficient (Wildman–Crippen LogP) is 2.35. The fraction of sp³-hybridized carbons (Fsp3) is 0.500. The van der Waals surface area contributed by atoms with Crippen LogP contribution in [0.3, 0.4) is 0 Å². The molecule has 0 radical (unpaired) electrons. The van der Waals surface area contributed by atoms with Crippen molar-refractivity contribution in [2.24, 2.45) is 0 Å². The maximum absolute atomic E-state index is 11.9. The molecule has 17 heavy (non-hydrogen) atoms. The zero-order chi connectivity index (χ0) is 11.7. The molecule has 1 heterocycles. The van der Waals surface area contributed by atoms with Crippen molar-refractivity contribution in [1.29, 1.82) is 0 Å². The lowest BCUT2D eigenvalue weighted by Gasteiger charge is -2.16. The van der Waals surface area contributed by atoms with Crippen molar-refractivity contribution in [1.82, 2.24) is 10.2 Å². The van der Waals surface area contributed by atoms with E-state index in [9.17, 15) is 4.79 Å². The van der Waals surface area contributed by atoms with Crippen molar-refractivity contribution in [2.75, 3.05) is 13.1 Å². The van der Waals surface area contributed by atoms with Crippen LogP contribution < -0.4 is 5.32 Å². The molecule has 0 aromatic heterocycles. The van der Waals surface area contributed by atoms with Gasteiger partial charge in [-0.2, -0.15) is 0 Å². The third-order valence-corrected chi connectivity index (χ3v) is 3.72. The van der Waals surface area contributed by atoms with Gasteiger partial charge in [0, 0.05) is 25.0 Å². The molecule has 1 aliphatic carbocycles. The minimum Gasteiger partial charge on any atom is -0.335 e. The first kappa shape index (κ1) is 10.6. The van der Waals surface area contributed by atoms with E-state index in [1.807, 2.05) is 11.0 Å². The molecule has 2 atom stereocenters. The van der Waals surface area contributed by atoms with Gasteiger partial charge in [-0.3, -0.25) is 0 Å². The number of hydrogen-bond donors (Lipinski definition) is 1. The summed E-state index contributed by atoms with van der Waals surface area (Å²) < 4.78 is 0. The fourth-order valence-electron chi connectivity index (χ4n) is 2.59. The van der Waals surface area contributed by atoms with Gasteiger partial charge in [-0.05, 0) is 24.8 Å². The zero-order valence-corrected chi connectivity index (χ0v) is 9.93. The topological polar surface area (TPSA) is 32.3 Å². The smallest absolute Gasteiger partial charge is 0.317 e. The van der Waals surface area contributed by atoms with Crippen molar-refractivity contribution >= 4 is 6.03 Å². The van der Waals surface area contributed by atoms with Crippen LogP contribution in [0.4, 0.5) is 4.79 Å². The summed E-state index contributed by atoms with van der Waals surface area (Å²) in [6, 6.07) is 10.9. The van der Waals surface area contributed by atoms with Crippen molar-refractivity contribution < 1.29 is 4.79 Å². The second-order valence-corrected chi connectivity index (χ2v) is 5.00. The van der Waals surface area contributed by atoms with Gasteiger partial charge in [0.2, 0.25) is 0 Å². The molecule has 2 aliphatic rings. The third-order valence-electron chi connectivity index (χ3n) is 3.72. The summed E-state index contributed by atoms with van der Waals surface area (Å²) in [5.41, 5.74) is 1.35. The average Bonchev–Trinajstić information content (AvgIpc) is 2.92. The molecule has 1 saturated carbocycles. The van der Waals surface area contributed by atoms with Crippen molar-refractivity contribution in [3.8, 4) is 0 Å². The number of carbonyl (C=O) groups excluding carboxylic acids is 1. The Bertz CT molecular complexity index is 398. The molecule has 2 amide bonds. The molecule has 1 aromatic carbocycles. The number of benzene rings is 1. The van der Waals surface area contributed by atoms with Crippen molar-refractivity contribution in [2.45, 2.75) is 31.2 Å². The molecular weight excluding hydrogens is 212 g/mol. The molecule has 90 valence electrons. The molecule has 0 bridgehead atoms. The van der Waals surface area contributed by atoms with Crippen LogP contribution in [0.2, 0.25) is 0 Å². The SMILES string of the molecule is O=C(NC1CC1c1ccccc1)N1CCCC1. The molecule has 1 aliphatic heterocycles. The minimum absolute atomic E-state index is 0.130. The quantitative estimate of drug-likeness (QED) is 0.831. The van der Waals surface area contributed by atoms with Gasteiger partial charge in [-0.1, -0.05) is 30.3 Å². The van der Waals surface area contributed by atoms with E-state index in [2.05, 4.69) is 29.6 Å². The molecule has 3 rings (SSSR count). The first-order chi connectivity index (χ1) is 8.34. The highest BCUT2D eigenvalue weighted by molar-refractivity contribution is 5.75. The summed E-state index contributed by atoms with van der Waals surface area (Å²) in [5.74, 6) is 0.530. The molecule has 2 fully saturated rings. The average molecular weight is 230 g/mol. The number of carbonyl (C=O) groups is 1. The van der Waals surface area contributed by atoms with Crippen LogP contribution in [0.25, 0.3) is 0 Å². The van der Waals surface area contributed by atoms with Crippen LogP contribution >= 0.6 is 0 Å². The summed E-state index contributed by atoms with van der Waals surface area (Å²) in [4.78, 5) is 13.8. The van der Waals surface area contributed by atoms with E-state index in [0.717, 1.165) is 32.4 Å². The van der Waals surface area contributed by atoms with Crippen LogP contribution in [0, 0.1) is 0 Å². The van der Waals surface area contributed by atoms with E-state index in [1.54, 1.807) is 0 Å². The first-order valence-electron chi connectivity index (χ1n) is 6.45. The van der Waals surface area contributed by atoms with E-state index in [1.165, 1.54) is 5.56 Å². The summed E-state index contributed by atoms with van der Waals surface area (Å²) in [7, 11) is 0. The maximum atomic E-state index is 11.9. The normalized spacial score (nSPS) is 26.9. The van der Waals surface area contributed by atoms with E-state index in [0.29, 0.717) is 12.0 Å². The van der Waals surface area contributed by atoms with Crippen LogP contribution in [0.5, 0.6) is 0 Å². The van der Waals surface area contributed by atoms with E-state index in [4.69, 9.17) is 0 Å². The second-order valence-electron chi connectivity index (χ2n) is 5.00. The monoisotopic (exact) mass is 230 g/mol. The van der Waals surface area contributed by atoms with Gasteiger partial charge in [-0.25, -0.2) is 4.79 Å². The van der Waals surface area contributed by atoms with Gasteiger partial charge >= 0.3 is 6.03 Å². The van der Waals surface area contributed by atoms with Gasteiger partial charge < -0.3 is 10.2 Å². The Morgan fingerprint density at radius 3 is 2.59 bits per heavy atom. The van der Waals surface area contributed by atoms with E-state index < -0.39 is 0 Å². The Balaban J connectivity index is 1.54. The molecule has 1 saturated heterocycles. The van der Waals surface area contributed by atoms with Gasteiger partial charge in [0.05, 0.1) is 0 Å². The number of urea groups is 1. The van der Waals surface area contributed by atoms with Gasteiger partial charge in [-0.15, -0.1) is 0 Å². The molecule has 0 spiro atoms. The third kappa shape index (κ3) is 2.28. The lowest BCUT2D eigenvalue weighted by molar-refractivity contribution is 0.208. The van der Waals surface area contributed by atoms with Crippen LogP contribution in [-0.4, -0.2) is 30.1 Å². The highest BCUT2D eigenvalue weighted by Crippen LogP contribution is 2.40. The Morgan fingerprint density at radius 2 is 1.88 bits per heavy atom. The zero-order valence-electron chi connectivity index (χ0n) is 9.93. The van der Waals surface area contributed by atoms with Gasteiger partial charge in [0.1, 0.15) is 0 Å². The highest BCUT2D eigenvalue weighted by Gasteiger charge is 2.40. The van der Waals surface area contributed by atoms with Crippen LogP contribution in [0.15, 0.2) is 30.3 Å². The molecule has 3 nitrogen and oxygen atoms in total. The Kier molecular flexibility index (Phi) is 2.75. The molecule has 1 N–H and O–H groups in total. The fourth-order valence-corrected chi connectivity index (χ4v) is 2.59. The predicted molar refractivity (Wildman–Crippen MR) is 66.9 cm³/mol. The Morgan fingerprint density at radius 1 is 1.18 bits per heavy atom. The van der Waals surface area contributed by atoms with E-state index >= 15 is 0 Å². The van der Waals surface area contributed by atoms with Crippen molar-refractivity contribution in [3.63, 3.8) is 0 Å². The lowest BCUT2D eigenvalue weighted by Crippen LogP contribution is -2.39. The number of hydrogen-bond acceptors (Lipinski definition) is 1. The molecule has 2 unspecified atom stereocenters. The van der Waals surface area contributed by atoms with Crippen molar-refractivity contribution in [3.05, 3.63) is 35.9 Å². The number of nitrogens with zero attached hydrogens (tertiary/aromatic N) is 1. The number of likely N-dealkylation sites (tertiary alicyclic amines) is 1. The van der Waals surface area contributed by atoms with Gasteiger partial charge in [0.25, 0.3) is 0 Å². The lowest BCUT2D eigenvalue weighted by atomic mass is 10.1. The molecular formula is C14H18N2O. The Hall–Kier alpha value is -1.51. The van der Waals surface area contributed by atoms with Crippen LogP contribution in [0.1, 0.15) is 30.7 Å². The summed E-state index contributed by atoms with van der Waals surface area (Å²) >= 11 is 0. The second kappa shape index (κ2) is 4.40. The standard InChI is InChI=1S/C14H18N2O/c17-14(16-8-4-5-9-16)15-13-10-12(13)11-6-2-1-3-7-11/h1-3,6-7,12-13H,4-5,8-10H2,(H,15,17). The van der Waals surface area contributed by atoms with Gasteiger partial charge in [0.15, 0.2) is 0 Å². The maximum Gasteiger partial charge on any atom is 0.317 e. The number of amides is 2. The van der Waals surface area contributed by atoms with Crippen LogP contribution in [-0.2, 0) is 0 Å². The highest BCUT2D eigenvalue weighted by atomic mass is 16.2. The number of nitrogens with one attached hydrogen (secondary N) is 1. The largest absolute Gasteiger partial charge is 0.335 e. The Labute approximate surface area is 102 Å². The van der Waals surface area contributed by atoms with E-state index in [-0.39, 0.29) is 6.03 Å². The summed E-state index contributed by atoms with van der Waals surface area (Å²) in [5, 5.41) is 3.13. The molecule has 3 heteroatoms.